The van der Waals surface area contributed by atoms with Gasteiger partial charge < -0.3 is 15.5 Å². The number of hydrogen-bond acceptors (Lipinski definition) is 4. The van der Waals surface area contributed by atoms with Crippen LogP contribution >= 0.6 is 12.8 Å². The Morgan fingerprint density at radius 2 is 1.78 bits per heavy atom. The van der Waals surface area contributed by atoms with Gasteiger partial charge in [0.25, 0.3) is 0 Å². The SMILES string of the molecule is O=C(Nc1ccccc1C(F)(F)F)N(S)c1ccc(O)cc1O. The number of thiol groups is 1. The fraction of sp³-hybridized carbons (Fsp3) is 0.0714. The predicted molar refractivity (Wildman–Crippen MR) is 81.7 cm³/mol. The number of benzene rings is 2. The number of phenolic OH excluding ortho intramolecular Hbond substituents is 2. The maximum Gasteiger partial charge on any atom is 0.418 e. The number of aromatic hydroxyl groups is 2. The molecule has 0 aliphatic carbocycles. The van der Waals surface area contributed by atoms with Gasteiger partial charge in [-0.05, 0) is 24.3 Å². The van der Waals surface area contributed by atoms with Crippen molar-refractivity contribution in [2.24, 2.45) is 0 Å². The second kappa shape index (κ2) is 6.29. The number of para-hydroxylation sites is 1. The van der Waals surface area contributed by atoms with E-state index in [1.54, 1.807) is 0 Å². The van der Waals surface area contributed by atoms with Gasteiger partial charge in [0.1, 0.15) is 11.5 Å². The maximum absolute atomic E-state index is 12.9. The molecule has 0 bridgehead atoms. The summed E-state index contributed by atoms with van der Waals surface area (Å²) < 4.78 is 39.3. The third kappa shape index (κ3) is 3.81. The largest absolute Gasteiger partial charge is 0.508 e. The summed E-state index contributed by atoms with van der Waals surface area (Å²) >= 11 is 3.85. The second-order valence-electron chi connectivity index (χ2n) is 4.46. The van der Waals surface area contributed by atoms with Crippen molar-refractivity contribution in [3.8, 4) is 11.5 Å². The molecular weight excluding hydrogens is 333 g/mol. The van der Waals surface area contributed by atoms with Crippen molar-refractivity contribution in [3.63, 3.8) is 0 Å². The van der Waals surface area contributed by atoms with Gasteiger partial charge >= 0.3 is 12.2 Å². The highest BCUT2D eigenvalue weighted by atomic mass is 32.1. The van der Waals surface area contributed by atoms with Gasteiger partial charge in [0.2, 0.25) is 0 Å². The average molecular weight is 344 g/mol. The molecule has 0 heterocycles. The number of nitrogens with zero attached hydrogens (tertiary/aromatic N) is 1. The van der Waals surface area contributed by atoms with Gasteiger partial charge in [-0.3, -0.25) is 0 Å². The molecule has 0 spiro atoms. The third-order valence-electron chi connectivity index (χ3n) is 2.85. The molecule has 0 saturated carbocycles. The minimum absolute atomic E-state index is 0.104. The van der Waals surface area contributed by atoms with Crippen LogP contribution in [0, 0.1) is 0 Å². The molecule has 0 aliphatic heterocycles. The molecule has 9 heteroatoms. The number of rotatable bonds is 2. The van der Waals surface area contributed by atoms with Gasteiger partial charge in [-0.2, -0.15) is 13.2 Å². The fourth-order valence-electron chi connectivity index (χ4n) is 1.81. The number of carbonyl (C=O) groups is 1. The minimum Gasteiger partial charge on any atom is -0.508 e. The molecule has 0 atom stereocenters. The van der Waals surface area contributed by atoms with Crippen molar-refractivity contribution < 1.29 is 28.2 Å². The molecule has 2 rings (SSSR count). The van der Waals surface area contributed by atoms with E-state index >= 15 is 0 Å². The van der Waals surface area contributed by atoms with Crippen LogP contribution < -0.4 is 9.62 Å². The standard InChI is InChI=1S/C14H11F3N2O3S/c15-14(16,17)9-3-1-2-4-10(9)18-13(22)19(23)11-6-5-8(20)7-12(11)21/h1-7,20-21,23H,(H,18,22). The first kappa shape index (κ1) is 16.8. The topological polar surface area (TPSA) is 72.8 Å². The smallest absolute Gasteiger partial charge is 0.418 e. The van der Waals surface area contributed by atoms with Crippen LogP contribution in [0.1, 0.15) is 5.56 Å². The second-order valence-corrected chi connectivity index (χ2v) is 4.86. The van der Waals surface area contributed by atoms with Crippen LogP contribution in [0.25, 0.3) is 0 Å². The molecule has 2 aromatic rings. The molecule has 0 saturated heterocycles. The molecule has 0 aliphatic rings. The van der Waals surface area contributed by atoms with Crippen LogP contribution in [0.3, 0.4) is 0 Å². The maximum atomic E-state index is 12.9. The van der Waals surface area contributed by atoms with Gasteiger partial charge in [-0.1, -0.05) is 24.9 Å². The fourth-order valence-corrected chi connectivity index (χ4v) is 2.03. The van der Waals surface area contributed by atoms with E-state index in [-0.39, 0.29) is 11.4 Å². The average Bonchev–Trinajstić information content (AvgIpc) is 2.46. The van der Waals surface area contributed by atoms with Crippen molar-refractivity contribution in [2.45, 2.75) is 6.18 Å². The Hall–Kier alpha value is -2.55. The summed E-state index contributed by atoms with van der Waals surface area (Å²) in [5, 5.41) is 20.9. The lowest BCUT2D eigenvalue weighted by atomic mass is 10.1. The summed E-state index contributed by atoms with van der Waals surface area (Å²) in [4.78, 5) is 12.0. The Labute approximate surface area is 134 Å². The first-order valence-electron chi connectivity index (χ1n) is 6.18. The molecule has 5 nitrogen and oxygen atoms in total. The van der Waals surface area contributed by atoms with Crippen LogP contribution in [0.5, 0.6) is 11.5 Å². The molecule has 0 fully saturated rings. The van der Waals surface area contributed by atoms with Crippen molar-refractivity contribution in [1.82, 2.24) is 0 Å². The minimum atomic E-state index is -4.63. The van der Waals surface area contributed by atoms with Crippen molar-refractivity contribution in [3.05, 3.63) is 48.0 Å². The molecule has 0 radical (unpaired) electrons. The lowest BCUT2D eigenvalue weighted by Gasteiger charge is -2.19. The summed E-state index contributed by atoms with van der Waals surface area (Å²) in [6.45, 7) is 0. The Kier molecular flexibility index (Phi) is 4.60. The Balaban J connectivity index is 2.26. The van der Waals surface area contributed by atoms with Crippen molar-refractivity contribution >= 4 is 30.2 Å². The number of alkyl halides is 3. The molecule has 2 aromatic carbocycles. The monoisotopic (exact) mass is 344 g/mol. The Bertz CT molecular complexity index is 737. The van der Waals surface area contributed by atoms with Crippen LogP contribution in [0.2, 0.25) is 0 Å². The quantitative estimate of drug-likeness (QED) is 0.622. The van der Waals surface area contributed by atoms with Gasteiger partial charge in [0, 0.05) is 6.07 Å². The highest BCUT2D eigenvalue weighted by Gasteiger charge is 2.34. The summed E-state index contributed by atoms with van der Waals surface area (Å²) in [7, 11) is 0. The molecule has 122 valence electrons. The lowest BCUT2D eigenvalue weighted by molar-refractivity contribution is -0.136. The van der Waals surface area contributed by atoms with E-state index in [9.17, 15) is 28.2 Å². The third-order valence-corrected chi connectivity index (χ3v) is 3.25. The molecule has 2 amide bonds. The van der Waals surface area contributed by atoms with Crippen LogP contribution in [-0.4, -0.2) is 16.2 Å². The number of phenols is 2. The summed E-state index contributed by atoms with van der Waals surface area (Å²) in [5.74, 6) is -0.699. The van der Waals surface area contributed by atoms with E-state index in [1.165, 1.54) is 24.3 Å². The normalized spacial score (nSPS) is 11.1. The number of anilines is 2. The zero-order chi connectivity index (χ0) is 17.2. The van der Waals surface area contributed by atoms with Gasteiger partial charge in [0.15, 0.2) is 0 Å². The van der Waals surface area contributed by atoms with Gasteiger partial charge in [-0.15, -0.1) is 0 Å². The molecule has 0 unspecified atom stereocenters. The van der Waals surface area contributed by atoms with Gasteiger partial charge in [0.05, 0.1) is 16.9 Å². The number of nitrogens with one attached hydrogen (secondary N) is 1. The zero-order valence-corrected chi connectivity index (χ0v) is 12.3. The van der Waals surface area contributed by atoms with Crippen LogP contribution in [0.4, 0.5) is 29.3 Å². The Morgan fingerprint density at radius 3 is 2.39 bits per heavy atom. The summed E-state index contributed by atoms with van der Waals surface area (Å²) in [6, 6.07) is 6.80. The number of urea groups is 1. The summed E-state index contributed by atoms with van der Waals surface area (Å²) in [6.07, 6.45) is -4.63. The van der Waals surface area contributed by atoms with E-state index in [4.69, 9.17) is 0 Å². The Morgan fingerprint density at radius 1 is 1.13 bits per heavy atom. The van der Waals surface area contributed by atoms with Crippen molar-refractivity contribution in [2.75, 3.05) is 9.62 Å². The predicted octanol–water partition coefficient (Wildman–Crippen LogP) is 4.00. The molecular formula is C14H11F3N2O3S. The van der Waals surface area contributed by atoms with Gasteiger partial charge in [-0.25, -0.2) is 9.10 Å². The molecule has 3 N–H and O–H groups in total. The first-order chi connectivity index (χ1) is 10.7. The van der Waals surface area contributed by atoms with E-state index in [2.05, 4.69) is 18.1 Å². The van der Waals surface area contributed by atoms with E-state index in [0.717, 1.165) is 18.2 Å². The lowest BCUT2D eigenvalue weighted by Crippen LogP contribution is -2.28. The number of hydrogen-bond donors (Lipinski definition) is 4. The van der Waals surface area contributed by atoms with E-state index in [1.807, 2.05) is 0 Å². The van der Waals surface area contributed by atoms with Crippen molar-refractivity contribution in [1.29, 1.82) is 0 Å². The van der Waals surface area contributed by atoms with E-state index < -0.39 is 29.2 Å². The van der Waals surface area contributed by atoms with Crippen LogP contribution in [0.15, 0.2) is 42.5 Å². The van der Waals surface area contributed by atoms with E-state index in [0.29, 0.717) is 4.31 Å². The first-order valence-corrected chi connectivity index (χ1v) is 6.58. The van der Waals surface area contributed by atoms with Crippen LogP contribution in [-0.2, 0) is 6.18 Å². The highest BCUT2D eigenvalue weighted by Crippen LogP contribution is 2.36. The molecule has 0 aromatic heterocycles. The number of carbonyl (C=O) groups excluding carboxylic acids is 1. The highest BCUT2D eigenvalue weighted by molar-refractivity contribution is 7.82. The summed E-state index contributed by atoms with van der Waals surface area (Å²) in [5.41, 5.74) is -1.56. The number of halogens is 3. The zero-order valence-electron chi connectivity index (χ0n) is 11.4. The molecule has 23 heavy (non-hydrogen) atoms. The number of amides is 2.